The van der Waals surface area contributed by atoms with E-state index in [1.807, 2.05) is 43.3 Å². The molecule has 2 rings (SSSR count). The Morgan fingerprint density at radius 3 is 2.33 bits per heavy atom. The van der Waals surface area contributed by atoms with E-state index < -0.39 is 0 Å². The Morgan fingerprint density at radius 1 is 1.10 bits per heavy atom. The zero-order valence-corrected chi connectivity index (χ0v) is 13.1. The van der Waals surface area contributed by atoms with Gasteiger partial charge in [0.1, 0.15) is 0 Å². The van der Waals surface area contributed by atoms with E-state index in [4.69, 9.17) is 23.8 Å². The van der Waals surface area contributed by atoms with Gasteiger partial charge < -0.3 is 10.6 Å². The van der Waals surface area contributed by atoms with Crippen molar-refractivity contribution in [1.29, 1.82) is 0 Å². The summed E-state index contributed by atoms with van der Waals surface area (Å²) in [6.07, 6.45) is 0.257. The number of nitrogens with one attached hydrogen (secondary N) is 2. The molecule has 1 amide bonds. The molecule has 0 spiro atoms. The maximum atomic E-state index is 11.9. The summed E-state index contributed by atoms with van der Waals surface area (Å²) < 4.78 is 0. The zero-order valence-electron chi connectivity index (χ0n) is 11.5. The first kappa shape index (κ1) is 15.5. The molecule has 2 aromatic rings. The molecule has 2 N–H and O–H groups in total. The maximum Gasteiger partial charge on any atom is 0.230 e. The fourth-order valence-electron chi connectivity index (χ4n) is 1.76. The standard InChI is InChI=1S/C16H15ClN2OS/c1-11-2-8-14(9-3-11)18-16(21)19-15(20)10-12-4-6-13(17)7-5-12/h2-9H,10H2,1H3,(H2,18,19,20,21). The normalized spacial score (nSPS) is 10.0. The van der Waals surface area contributed by atoms with Crippen molar-refractivity contribution < 1.29 is 4.79 Å². The first-order chi connectivity index (χ1) is 10.0. The van der Waals surface area contributed by atoms with Gasteiger partial charge in [0.15, 0.2) is 5.11 Å². The van der Waals surface area contributed by atoms with Crippen molar-refractivity contribution in [2.24, 2.45) is 0 Å². The van der Waals surface area contributed by atoms with Crippen LogP contribution in [0.25, 0.3) is 0 Å². The molecule has 0 aromatic heterocycles. The second-order valence-corrected chi connectivity index (χ2v) is 5.52. The molecule has 0 aliphatic carbocycles. The Labute approximate surface area is 134 Å². The number of halogens is 1. The average Bonchev–Trinajstić information content (AvgIpc) is 2.44. The van der Waals surface area contributed by atoms with Gasteiger partial charge in [0.05, 0.1) is 6.42 Å². The summed E-state index contributed by atoms with van der Waals surface area (Å²) in [6, 6.07) is 14.9. The number of hydrogen-bond acceptors (Lipinski definition) is 2. The smallest absolute Gasteiger partial charge is 0.230 e. The highest BCUT2D eigenvalue weighted by Gasteiger charge is 2.06. The van der Waals surface area contributed by atoms with E-state index in [1.165, 1.54) is 5.56 Å². The summed E-state index contributed by atoms with van der Waals surface area (Å²) in [5.74, 6) is -0.165. The van der Waals surface area contributed by atoms with Crippen LogP contribution in [-0.4, -0.2) is 11.0 Å². The molecule has 0 unspecified atom stereocenters. The summed E-state index contributed by atoms with van der Waals surface area (Å²) in [4.78, 5) is 11.9. The van der Waals surface area contributed by atoms with Crippen LogP contribution in [0.3, 0.4) is 0 Å². The number of anilines is 1. The Kier molecular flexibility index (Phi) is 5.31. The summed E-state index contributed by atoms with van der Waals surface area (Å²) >= 11 is 10.9. The molecule has 3 nitrogen and oxygen atoms in total. The molecule has 0 aliphatic heterocycles. The Morgan fingerprint density at radius 2 is 1.71 bits per heavy atom. The zero-order chi connectivity index (χ0) is 15.2. The minimum atomic E-state index is -0.165. The van der Waals surface area contributed by atoms with Crippen LogP contribution in [0.1, 0.15) is 11.1 Å². The number of carbonyl (C=O) groups excluding carboxylic acids is 1. The molecular weight excluding hydrogens is 304 g/mol. The van der Waals surface area contributed by atoms with E-state index in [0.717, 1.165) is 11.3 Å². The molecule has 0 atom stereocenters. The number of thiocarbonyl (C=S) groups is 1. The molecule has 0 heterocycles. The van der Waals surface area contributed by atoms with E-state index in [0.29, 0.717) is 5.02 Å². The number of carbonyl (C=O) groups is 1. The van der Waals surface area contributed by atoms with Gasteiger partial charge in [0.2, 0.25) is 5.91 Å². The second kappa shape index (κ2) is 7.20. The lowest BCUT2D eigenvalue weighted by atomic mass is 10.1. The van der Waals surface area contributed by atoms with E-state index in [1.54, 1.807) is 12.1 Å². The molecular formula is C16H15ClN2OS. The largest absolute Gasteiger partial charge is 0.332 e. The fraction of sp³-hybridized carbons (Fsp3) is 0.125. The predicted octanol–water partition coefficient (Wildman–Crippen LogP) is 3.70. The lowest BCUT2D eigenvalue weighted by Gasteiger charge is -2.09. The minimum Gasteiger partial charge on any atom is -0.332 e. The molecule has 108 valence electrons. The van der Waals surface area contributed by atoms with Gasteiger partial charge in [-0.25, -0.2) is 0 Å². The van der Waals surface area contributed by atoms with Crippen LogP contribution in [0.15, 0.2) is 48.5 Å². The van der Waals surface area contributed by atoms with Crippen LogP contribution in [0.5, 0.6) is 0 Å². The number of aryl methyl sites for hydroxylation is 1. The third-order valence-corrected chi connectivity index (χ3v) is 3.30. The van der Waals surface area contributed by atoms with E-state index >= 15 is 0 Å². The summed E-state index contributed by atoms with van der Waals surface area (Å²) in [7, 11) is 0. The van der Waals surface area contributed by atoms with E-state index in [2.05, 4.69) is 10.6 Å². The monoisotopic (exact) mass is 318 g/mol. The lowest BCUT2D eigenvalue weighted by Crippen LogP contribution is -2.35. The average molecular weight is 319 g/mol. The Balaban J connectivity index is 1.85. The highest BCUT2D eigenvalue weighted by Crippen LogP contribution is 2.10. The fourth-order valence-corrected chi connectivity index (χ4v) is 2.12. The third-order valence-electron chi connectivity index (χ3n) is 2.84. The van der Waals surface area contributed by atoms with Crippen molar-refractivity contribution in [1.82, 2.24) is 5.32 Å². The van der Waals surface area contributed by atoms with Crippen LogP contribution in [0.4, 0.5) is 5.69 Å². The second-order valence-electron chi connectivity index (χ2n) is 4.67. The molecule has 0 fully saturated rings. The highest BCUT2D eigenvalue weighted by atomic mass is 35.5. The van der Waals surface area contributed by atoms with Gasteiger partial charge >= 0.3 is 0 Å². The van der Waals surface area contributed by atoms with Gasteiger partial charge in [-0.2, -0.15) is 0 Å². The van der Waals surface area contributed by atoms with Crippen LogP contribution >= 0.6 is 23.8 Å². The number of hydrogen-bond donors (Lipinski definition) is 2. The molecule has 0 saturated heterocycles. The van der Waals surface area contributed by atoms with Crippen LogP contribution < -0.4 is 10.6 Å². The van der Waals surface area contributed by atoms with Gasteiger partial charge in [-0.15, -0.1) is 0 Å². The first-order valence-corrected chi connectivity index (χ1v) is 7.23. The van der Waals surface area contributed by atoms with Crippen molar-refractivity contribution in [3.05, 3.63) is 64.7 Å². The van der Waals surface area contributed by atoms with Crippen LogP contribution in [0, 0.1) is 6.92 Å². The van der Waals surface area contributed by atoms with Crippen molar-refractivity contribution >= 4 is 40.5 Å². The first-order valence-electron chi connectivity index (χ1n) is 6.45. The molecule has 5 heteroatoms. The molecule has 2 aromatic carbocycles. The van der Waals surface area contributed by atoms with E-state index in [9.17, 15) is 4.79 Å². The van der Waals surface area contributed by atoms with Crippen LogP contribution in [-0.2, 0) is 11.2 Å². The van der Waals surface area contributed by atoms with Gasteiger partial charge in [-0.1, -0.05) is 41.4 Å². The topological polar surface area (TPSA) is 41.1 Å². The van der Waals surface area contributed by atoms with Gasteiger partial charge in [-0.3, -0.25) is 4.79 Å². The maximum absolute atomic E-state index is 11.9. The van der Waals surface area contributed by atoms with Crippen LogP contribution in [0.2, 0.25) is 5.02 Å². The van der Waals surface area contributed by atoms with Crippen molar-refractivity contribution in [3.8, 4) is 0 Å². The Bertz CT molecular complexity index is 581. The van der Waals surface area contributed by atoms with Gasteiger partial charge in [0, 0.05) is 10.7 Å². The number of amides is 1. The number of benzene rings is 2. The van der Waals surface area contributed by atoms with Gasteiger partial charge in [0.25, 0.3) is 0 Å². The lowest BCUT2D eigenvalue weighted by molar-refractivity contribution is -0.119. The molecule has 0 aliphatic rings. The van der Waals surface area contributed by atoms with Crippen molar-refractivity contribution in [3.63, 3.8) is 0 Å². The number of rotatable bonds is 3. The molecule has 0 radical (unpaired) electrons. The quantitative estimate of drug-likeness (QED) is 0.848. The highest BCUT2D eigenvalue weighted by molar-refractivity contribution is 7.80. The van der Waals surface area contributed by atoms with E-state index in [-0.39, 0.29) is 17.4 Å². The summed E-state index contributed by atoms with van der Waals surface area (Å²) in [5.41, 5.74) is 2.89. The van der Waals surface area contributed by atoms with Crippen molar-refractivity contribution in [2.45, 2.75) is 13.3 Å². The van der Waals surface area contributed by atoms with Gasteiger partial charge in [-0.05, 0) is 49.0 Å². The third kappa shape index (κ3) is 5.17. The Hall–Kier alpha value is -1.91. The molecule has 21 heavy (non-hydrogen) atoms. The summed E-state index contributed by atoms with van der Waals surface area (Å²) in [6.45, 7) is 2.01. The summed E-state index contributed by atoms with van der Waals surface area (Å²) in [5, 5.41) is 6.57. The predicted molar refractivity (Wildman–Crippen MR) is 90.7 cm³/mol. The van der Waals surface area contributed by atoms with Crippen molar-refractivity contribution in [2.75, 3.05) is 5.32 Å². The molecule has 0 saturated carbocycles. The molecule has 0 bridgehead atoms. The SMILES string of the molecule is Cc1ccc(NC(=S)NC(=O)Cc2ccc(Cl)cc2)cc1. The minimum absolute atomic E-state index is 0.165.